The third kappa shape index (κ3) is 4.44. The van der Waals surface area contributed by atoms with Crippen molar-refractivity contribution in [2.45, 2.75) is 38.2 Å². The van der Waals surface area contributed by atoms with Crippen LogP contribution in [0.25, 0.3) is 0 Å². The van der Waals surface area contributed by atoms with Crippen LogP contribution in [0.1, 0.15) is 32.1 Å². The fourth-order valence-electron chi connectivity index (χ4n) is 2.79. The molecule has 19 heavy (non-hydrogen) atoms. The zero-order valence-corrected chi connectivity index (χ0v) is 11.7. The maximum atomic E-state index is 12.2. The number of carbonyl (C=O) groups is 1. The molecule has 0 aromatic carbocycles. The second-order valence-electron chi connectivity index (χ2n) is 5.45. The highest BCUT2D eigenvalue weighted by atomic mass is 16.5. The molecule has 0 radical (unpaired) electrons. The Hall–Kier alpha value is -0.650. The van der Waals surface area contributed by atoms with E-state index in [9.17, 15) is 4.79 Å². The zero-order valence-electron chi connectivity index (χ0n) is 11.7. The number of aliphatic hydroxyl groups is 1. The van der Waals surface area contributed by atoms with E-state index >= 15 is 0 Å². The van der Waals surface area contributed by atoms with Gasteiger partial charge in [-0.15, -0.1) is 0 Å². The van der Waals surface area contributed by atoms with Crippen LogP contribution in [0.3, 0.4) is 0 Å². The highest BCUT2D eigenvalue weighted by Gasteiger charge is 2.29. The van der Waals surface area contributed by atoms with Crippen molar-refractivity contribution in [2.24, 2.45) is 0 Å². The molecule has 2 fully saturated rings. The number of piperazine rings is 1. The molecule has 110 valence electrons. The lowest BCUT2D eigenvalue weighted by Gasteiger charge is -2.35. The molecule has 0 spiro atoms. The summed E-state index contributed by atoms with van der Waals surface area (Å²) in [5, 5.41) is 8.73. The number of unbranched alkanes of at least 4 members (excludes halogenated alkanes) is 2. The SMILES string of the molecule is O=C(C1CCCO1)N1CCN(CCCCCO)CC1. The Balaban J connectivity index is 1.63. The van der Waals surface area contributed by atoms with Crippen LogP contribution in [0, 0.1) is 0 Å². The minimum absolute atomic E-state index is 0.170. The predicted molar refractivity (Wildman–Crippen MR) is 72.9 cm³/mol. The molecule has 2 rings (SSSR count). The van der Waals surface area contributed by atoms with E-state index in [-0.39, 0.29) is 12.0 Å². The van der Waals surface area contributed by atoms with Gasteiger partial charge in [0.1, 0.15) is 6.10 Å². The predicted octanol–water partition coefficient (Wildman–Crippen LogP) is 0.472. The van der Waals surface area contributed by atoms with Crippen molar-refractivity contribution in [3.8, 4) is 0 Å². The first-order valence-corrected chi connectivity index (χ1v) is 7.55. The lowest BCUT2D eigenvalue weighted by molar-refractivity contribution is -0.142. The van der Waals surface area contributed by atoms with E-state index in [0.29, 0.717) is 6.61 Å². The van der Waals surface area contributed by atoms with Crippen molar-refractivity contribution in [2.75, 3.05) is 45.9 Å². The first-order valence-electron chi connectivity index (χ1n) is 7.55. The van der Waals surface area contributed by atoms with Crippen LogP contribution in [0.4, 0.5) is 0 Å². The summed E-state index contributed by atoms with van der Waals surface area (Å²) in [6, 6.07) is 0. The fourth-order valence-corrected chi connectivity index (χ4v) is 2.79. The van der Waals surface area contributed by atoms with Crippen LogP contribution in [-0.4, -0.2) is 72.9 Å². The minimum atomic E-state index is -0.170. The zero-order chi connectivity index (χ0) is 13.5. The van der Waals surface area contributed by atoms with Crippen molar-refractivity contribution >= 4 is 5.91 Å². The van der Waals surface area contributed by atoms with E-state index in [1.807, 2.05) is 4.90 Å². The Bertz CT molecular complexity index is 272. The second-order valence-corrected chi connectivity index (χ2v) is 5.45. The van der Waals surface area contributed by atoms with Crippen LogP contribution in [0.15, 0.2) is 0 Å². The summed E-state index contributed by atoms with van der Waals surface area (Å²) in [4.78, 5) is 16.5. The number of hydrogen-bond donors (Lipinski definition) is 1. The van der Waals surface area contributed by atoms with Crippen LogP contribution in [0.5, 0.6) is 0 Å². The average Bonchev–Trinajstić information content (AvgIpc) is 2.98. The molecule has 0 aromatic rings. The Labute approximate surface area is 115 Å². The molecule has 2 aliphatic heterocycles. The summed E-state index contributed by atoms with van der Waals surface area (Å²) in [5.74, 6) is 0.192. The van der Waals surface area contributed by atoms with Gasteiger partial charge in [-0.05, 0) is 38.6 Å². The van der Waals surface area contributed by atoms with Gasteiger partial charge < -0.3 is 14.7 Å². The Morgan fingerprint density at radius 1 is 1.16 bits per heavy atom. The summed E-state index contributed by atoms with van der Waals surface area (Å²) < 4.78 is 5.46. The first-order chi connectivity index (χ1) is 9.31. The molecule has 1 atom stereocenters. The van der Waals surface area contributed by atoms with Gasteiger partial charge in [-0.2, -0.15) is 0 Å². The molecule has 2 aliphatic rings. The van der Waals surface area contributed by atoms with Crippen molar-refractivity contribution in [1.82, 2.24) is 9.80 Å². The van der Waals surface area contributed by atoms with E-state index < -0.39 is 0 Å². The number of amides is 1. The van der Waals surface area contributed by atoms with E-state index in [0.717, 1.165) is 71.4 Å². The van der Waals surface area contributed by atoms with Gasteiger partial charge >= 0.3 is 0 Å². The van der Waals surface area contributed by atoms with E-state index in [2.05, 4.69) is 4.90 Å². The second kappa shape index (κ2) is 7.82. The molecule has 2 heterocycles. The Morgan fingerprint density at radius 2 is 1.95 bits per heavy atom. The van der Waals surface area contributed by atoms with Crippen molar-refractivity contribution in [3.05, 3.63) is 0 Å². The van der Waals surface area contributed by atoms with Crippen LogP contribution < -0.4 is 0 Å². The van der Waals surface area contributed by atoms with Gasteiger partial charge in [0.05, 0.1) is 0 Å². The normalized spacial score (nSPS) is 24.9. The Kier molecular flexibility index (Phi) is 6.07. The number of carbonyl (C=O) groups excluding carboxylic acids is 1. The van der Waals surface area contributed by atoms with Gasteiger partial charge in [-0.25, -0.2) is 0 Å². The molecule has 5 nitrogen and oxygen atoms in total. The van der Waals surface area contributed by atoms with Gasteiger partial charge in [0.15, 0.2) is 0 Å². The molecule has 1 unspecified atom stereocenters. The van der Waals surface area contributed by atoms with E-state index in [4.69, 9.17) is 9.84 Å². The summed E-state index contributed by atoms with van der Waals surface area (Å²) in [6.07, 6.45) is 4.86. The van der Waals surface area contributed by atoms with Gasteiger partial charge in [0.2, 0.25) is 0 Å². The lowest BCUT2D eigenvalue weighted by atomic mass is 10.2. The van der Waals surface area contributed by atoms with Gasteiger partial charge in [0.25, 0.3) is 5.91 Å². The van der Waals surface area contributed by atoms with Crippen LogP contribution in [0.2, 0.25) is 0 Å². The molecule has 0 bridgehead atoms. The number of hydrogen-bond acceptors (Lipinski definition) is 4. The van der Waals surface area contributed by atoms with E-state index in [1.54, 1.807) is 0 Å². The third-order valence-corrected chi connectivity index (χ3v) is 4.02. The smallest absolute Gasteiger partial charge is 0.251 e. The average molecular weight is 270 g/mol. The quantitative estimate of drug-likeness (QED) is 0.713. The van der Waals surface area contributed by atoms with Gasteiger partial charge in [-0.3, -0.25) is 9.69 Å². The highest BCUT2D eigenvalue weighted by Crippen LogP contribution is 2.16. The van der Waals surface area contributed by atoms with E-state index in [1.165, 1.54) is 0 Å². The van der Waals surface area contributed by atoms with Crippen molar-refractivity contribution < 1.29 is 14.6 Å². The summed E-state index contributed by atoms with van der Waals surface area (Å²) in [6.45, 7) is 5.72. The maximum absolute atomic E-state index is 12.2. The number of rotatable bonds is 6. The molecule has 0 aromatic heterocycles. The van der Waals surface area contributed by atoms with Crippen molar-refractivity contribution in [3.63, 3.8) is 0 Å². The molecule has 2 saturated heterocycles. The summed E-state index contributed by atoms with van der Waals surface area (Å²) in [5.41, 5.74) is 0. The number of nitrogens with zero attached hydrogens (tertiary/aromatic N) is 2. The Morgan fingerprint density at radius 3 is 2.58 bits per heavy atom. The molecule has 1 amide bonds. The summed E-state index contributed by atoms with van der Waals surface area (Å²) in [7, 11) is 0. The molecular weight excluding hydrogens is 244 g/mol. The summed E-state index contributed by atoms with van der Waals surface area (Å²) >= 11 is 0. The maximum Gasteiger partial charge on any atom is 0.251 e. The highest BCUT2D eigenvalue weighted by molar-refractivity contribution is 5.81. The first kappa shape index (κ1) is 14.8. The lowest BCUT2D eigenvalue weighted by Crippen LogP contribution is -2.51. The number of ether oxygens (including phenoxy) is 1. The minimum Gasteiger partial charge on any atom is -0.396 e. The fraction of sp³-hybridized carbons (Fsp3) is 0.929. The van der Waals surface area contributed by atoms with Crippen LogP contribution >= 0.6 is 0 Å². The van der Waals surface area contributed by atoms with Crippen LogP contribution in [-0.2, 0) is 9.53 Å². The molecule has 0 saturated carbocycles. The van der Waals surface area contributed by atoms with Crippen molar-refractivity contribution in [1.29, 1.82) is 0 Å². The topological polar surface area (TPSA) is 53.0 Å². The standard InChI is InChI=1S/C14H26N2O3/c17-11-3-1-2-6-15-7-9-16(10-8-15)14(18)13-5-4-12-19-13/h13,17H,1-12H2. The monoisotopic (exact) mass is 270 g/mol. The molecule has 1 N–H and O–H groups in total. The molecular formula is C14H26N2O3. The number of aliphatic hydroxyl groups excluding tert-OH is 1. The van der Waals surface area contributed by atoms with Gasteiger partial charge in [-0.1, -0.05) is 0 Å². The van der Waals surface area contributed by atoms with Gasteiger partial charge in [0, 0.05) is 39.4 Å². The molecule has 5 heteroatoms. The third-order valence-electron chi connectivity index (χ3n) is 4.02. The molecule has 0 aliphatic carbocycles. The largest absolute Gasteiger partial charge is 0.396 e.